The Morgan fingerprint density at radius 2 is 2.00 bits per heavy atom. The van der Waals surface area contributed by atoms with E-state index in [1.54, 1.807) is 7.11 Å². The average Bonchev–Trinajstić information content (AvgIpc) is 3.13. The van der Waals surface area contributed by atoms with E-state index in [2.05, 4.69) is 0 Å². The molecule has 1 fully saturated rings. The molecule has 1 aliphatic heterocycles. The first-order valence-electron chi connectivity index (χ1n) is 9.51. The molecule has 0 atom stereocenters. The third-order valence-corrected chi connectivity index (χ3v) is 5.60. The molecule has 26 heavy (non-hydrogen) atoms. The van der Waals surface area contributed by atoms with Crippen LogP contribution in [0.2, 0.25) is 0 Å². The number of amides is 1. The molecular formula is C20H30N2O4. The number of methoxy groups -OCH3 is 1. The smallest absolute Gasteiger partial charge is 0.231 e. The van der Waals surface area contributed by atoms with Gasteiger partial charge in [-0.05, 0) is 42.5 Å². The van der Waals surface area contributed by atoms with Crippen LogP contribution in [0.25, 0.3) is 0 Å². The van der Waals surface area contributed by atoms with Crippen LogP contribution in [0.1, 0.15) is 44.1 Å². The van der Waals surface area contributed by atoms with Crippen molar-refractivity contribution >= 4 is 5.91 Å². The molecule has 0 spiro atoms. The van der Waals surface area contributed by atoms with Crippen LogP contribution in [0.15, 0.2) is 18.2 Å². The summed E-state index contributed by atoms with van der Waals surface area (Å²) in [4.78, 5) is 15.0. The number of hydrogen-bond donors (Lipinski definition) is 1. The molecule has 1 aromatic rings. The van der Waals surface area contributed by atoms with Gasteiger partial charge in [0.1, 0.15) is 0 Å². The highest BCUT2D eigenvalue weighted by atomic mass is 16.7. The van der Waals surface area contributed by atoms with Crippen LogP contribution in [-0.4, -0.2) is 44.4 Å². The quantitative estimate of drug-likeness (QED) is 0.770. The minimum Gasteiger partial charge on any atom is -0.454 e. The lowest BCUT2D eigenvalue weighted by atomic mass is 9.71. The summed E-state index contributed by atoms with van der Waals surface area (Å²) in [6.45, 7) is 2.47. The summed E-state index contributed by atoms with van der Waals surface area (Å²) in [5, 5.41) is 0. The van der Waals surface area contributed by atoms with Crippen LogP contribution in [0, 0.1) is 5.41 Å². The molecular weight excluding hydrogens is 332 g/mol. The molecule has 2 N–H and O–H groups in total. The second-order valence-corrected chi connectivity index (χ2v) is 7.44. The van der Waals surface area contributed by atoms with Crippen molar-refractivity contribution in [3.8, 4) is 11.5 Å². The number of nitrogens with zero attached hydrogens (tertiary/aromatic N) is 1. The van der Waals surface area contributed by atoms with Crippen LogP contribution < -0.4 is 15.2 Å². The van der Waals surface area contributed by atoms with Gasteiger partial charge in [0.25, 0.3) is 0 Å². The van der Waals surface area contributed by atoms with Gasteiger partial charge in [-0.3, -0.25) is 4.79 Å². The summed E-state index contributed by atoms with van der Waals surface area (Å²) in [5.41, 5.74) is 7.07. The fraction of sp³-hybridized carbons (Fsp3) is 0.650. The van der Waals surface area contributed by atoms with Gasteiger partial charge in [0.15, 0.2) is 11.5 Å². The Morgan fingerprint density at radius 1 is 1.23 bits per heavy atom. The summed E-state index contributed by atoms with van der Waals surface area (Å²) in [5.74, 6) is 1.66. The van der Waals surface area contributed by atoms with Gasteiger partial charge in [-0.2, -0.15) is 0 Å². The highest BCUT2D eigenvalue weighted by Crippen LogP contribution is 2.39. The molecule has 1 amide bonds. The van der Waals surface area contributed by atoms with Gasteiger partial charge in [-0.25, -0.2) is 0 Å². The number of fused-ring (bicyclic) bond motifs is 1. The number of carbonyl (C=O) groups is 1. The molecule has 6 nitrogen and oxygen atoms in total. The third-order valence-electron chi connectivity index (χ3n) is 5.60. The molecule has 0 bridgehead atoms. The van der Waals surface area contributed by atoms with Crippen molar-refractivity contribution in [2.24, 2.45) is 11.1 Å². The Labute approximate surface area is 155 Å². The van der Waals surface area contributed by atoms with Crippen LogP contribution in [0.5, 0.6) is 11.5 Å². The van der Waals surface area contributed by atoms with Crippen molar-refractivity contribution in [2.75, 3.05) is 33.6 Å². The topological polar surface area (TPSA) is 74.0 Å². The van der Waals surface area contributed by atoms with Crippen molar-refractivity contribution in [2.45, 2.75) is 45.1 Å². The van der Waals surface area contributed by atoms with Crippen molar-refractivity contribution < 1.29 is 19.0 Å². The van der Waals surface area contributed by atoms with E-state index < -0.39 is 0 Å². The van der Waals surface area contributed by atoms with Gasteiger partial charge in [0, 0.05) is 26.6 Å². The molecule has 144 valence electrons. The number of ether oxygens (including phenoxy) is 3. The van der Waals surface area contributed by atoms with Crippen molar-refractivity contribution in [3.63, 3.8) is 0 Å². The molecule has 1 saturated carbocycles. The maximum absolute atomic E-state index is 13.1. The summed E-state index contributed by atoms with van der Waals surface area (Å²) >= 11 is 0. The summed E-state index contributed by atoms with van der Waals surface area (Å²) < 4.78 is 16.0. The molecule has 1 heterocycles. The first kappa shape index (κ1) is 19.0. The third kappa shape index (κ3) is 4.48. The number of rotatable bonds is 8. The fourth-order valence-corrected chi connectivity index (χ4v) is 3.94. The highest BCUT2D eigenvalue weighted by molar-refractivity contribution is 5.77. The lowest BCUT2D eigenvalue weighted by molar-refractivity contribution is -0.135. The van der Waals surface area contributed by atoms with E-state index in [4.69, 9.17) is 19.9 Å². The molecule has 0 unspecified atom stereocenters. The van der Waals surface area contributed by atoms with E-state index >= 15 is 0 Å². The van der Waals surface area contributed by atoms with Gasteiger partial charge in [0.05, 0.1) is 6.61 Å². The molecule has 6 heteroatoms. The molecule has 0 saturated heterocycles. The van der Waals surface area contributed by atoms with Crippen LogP contribution in [0.4, 0.5) is 0 Å². The SMILES string of the molecule is COCCN(Cc1ccc2c(c1)OCO2)C(=O)CC1(CN)CCCCC1. The lowest BCUT2D eigenvalue weighted by Gasteiger charge is -2.37. The van der Waals surface area contributed by atoms with Gasteiger partial charge in [-0.15, -0.1) is 0 Å². The molecule has 3 rings (SSSR count). The van der Waals surface area contributed by atoms with Crippen molar-refractivity contribution in [3.05, 3.63) is 23.8 Å². The second kappa shape index (κ2) is 8.73. The van der Waals surface area contributed by atoms with Gasteiger partial charge in [0.2, 0.25) is 12.7 Å². The maximum Gasteiger partial charge on any atom is 0.231 e. The van der Waals surface area contributed by atoms with E-state index in [1.165, 1.54) is 19.3 Å². The maximum atomic E-state index is 13.1. The van der Waals surface area contributed by atoms with Crippen LogP contribution >= 0.6 is 0 Å². The first-order valence-corrected chi connectivity index (χ1v) is 9.51. The second-order valence-electron chi connectivity index (χ2n) is 7.44. The predicted molar refractivity (Wildman–Crippen MR) is 99.0 cm³/mol. The Morgan fingerprint density at radius 3 is 2.73 bits per heavy atom. The summed E-state index contributed by atoms with van der Waals surface area (Å²) in [6.07, 6.45) is 6.22. The van der Waals surface area contributed by atoms with E-state index in [0.717, 1.165) is 29.9 Å². The van der Waals surface area contributed by atoms with Crippen molar-refractivity contribution in [1.82, 2.24) is 4.90 Å². The zero-order chi connectivity index (χ0) is 18.4. The van der Waals surface area contributed by atoms with Gasteiger partial charge in [-0.1, -0.05) is 25.3 Å². The van der Waals surface area contributed by atoms with Crippen LogP contribution in [0.3, 0.4) is 0 Å². The fourth-order valence-electron chi connectivity index (χ4n) is 3.94. The van der Waals surface area contributed by atoms with E-state index in [1.807, 2.05) is 23.1 Å². The Hall–Kier alpha value is -1.79. The largest absolute Gasteiger partial charge is 0.454 e. The Bertz CT molecular complexity index is 614. The predicted octanol–water partition coefficient (Wildman–Crippen LogP) is 2.69. The minimum atomic E-state index is -0.0322. The van der Waals surface area contributed by atoms with Crippen molar-refractivity contribution in [1.29, 1.82) is 0 Å². The highest BCUT2D eigenvalue weighted by Gasteiger charge is 2.34. The lowest BCUT2D eigenvalue weighted by Crippen LogP contribution is -2.41. The van der Waals surface area contributed by atoms with E-state index in [9.17, 15) is 4.79 Å². The minimum absolute atomic E-state index is 0.0322. The Balaban J connectivity index is 1.69. The monoisotopic (exact) mass is 362 g/mol. The van der Waals surface area contributed by atoms with E-state index in [0.29, 0.717) is 32.7 Å². The van der Waals surface area contributed by atoms with E-state index in [-0.39, 0.29) is 18.1 Å². The van der Waals surface area contributed by atoms with Crippen LogP contribution in [-0.2, 0) is 16.1 Å². The summed E-state index contributed by atoms with van der Waals surface area (Å²) in [7, 11) is 1.66. The number of benzene rings is 1. The Kier molecular flexibility index (Phi) is 6.38. The number of carbonyl (C=O) groups excluding carboxylic acids is 1. The zero-order valence-electron chi connectivity index (χ0n) is 15.7. The average molecular weight is 362 g/mol. The first-order chi connectivity index (χ1) is 12.7. The number of nitrogens with two attached hydrogens (primary N) is 1. The zero-order valence-corrected chi connectivity index (χ0v) is 15.7. The van der Waals surface area contributed by atoms with Gasteiger partial charge < -0.3 is 24.8 Å². The van der Waals surface area contributed by atoms with Gasteiger partial charge >= 0.3 is 0 Å². The molecule has 1 aliphatic carbocycles. The summed E-state index contributed by atoms with van der Waals surface area (Å²) in [6, 6.07) is 5.84. The molecule has 1 aromatic carbocycles. The standard InChI is InChI=1S/C20H30N2O4/c1-24-10-9-22(13-16-5-6-17-18(11-16)26-15-25-17)19(23)12-20(14-21)7-3-2-4-8-20/h5-6,11H,2-4,7-10,12-15,21H2,1H3. The molecule has 0 radical (unpaired) electrons. The number of hydrogen-bond acceptors (Lipinski definition) is 5. The molecule has 0 aromatic heterocycles. The molecule has 2 aliphatic rings. The normalized spacial score (nSPS) is 17.9.